The van der Waals surface area contributed by atoms with Crippen LogP contribution in [0, 0.1) is 5.41 Å². The molecule has 0 aliphatic carbocycles. The Morgan fingerprint density at radius 1 is 1.35 bits per heavy atom. The summed E-state index contributed by atoms with van der Waals surface area (Å²) in [7, 11) is 3.24. The molecule has 20 heavy (non-hydrogen) atoms. The van der Waals surface area contributed by atoms with Crippen LogP contribution in [0.15, 0.2) is 25.8 Å². The van der Waals surface area contributed by atoms with Gasteiger partial charge in [-0.3, -0.25) is 4.57 Å². The van der Waals surface area contributed by atoms with Gasteiger partial charge in [0.2, 0.25) is 0 Å². The van der Waals surface area contributed by atoms with Gasteiger partial charge in [0, 0.05) is 31.2 Å². The molecular formula is C14H18BrNO4. The first-order valence-electron chi connectivity index (χ1n) is 6.24. The Labute approximate surface area is 125 Å². The third kappa shape index (κ3) is 2.91. The highest BCUT2D eigenvalue weighted by molar-refractivity contribution is 9.10. The van der Waals surface area contributed by atoms with Crippen molar-refractivity contribution in [3.63, 3.8) is 0 Å². The zero-order valence-corrected chi connectivity index (χ0v) is 13.6. The number of hydrogen-bond donors (Lipinski definition) is 0. The van der Waals surface area contributed by atoms with Crippen LogP contribution < -0.4 is 10.5 Å². The molecule has 0 fully saturated rings. The van der Waals surface area contributed by atoms with Gasteiger partial charge in [-0.2, -0.15) is 0 Å². The van der Waals surface area contributed by atoms with Gasteiger partial charge >= 0.3 is 5.76 Å². The van der Waals surface area contributed by atoms with E-state index < -0.39 is 0 Å². The van der Waals surface area contributed by atoms with Crippen LogP contribution in [0.1, 0.15) is 13.8 Å². The van der Waals surface area contributed by atoms with E-state index in [1.807, 2.05) is 13.8 Å². The van der Waals surface area contributed by atoms with E-state index in [0.29, 0.717) is 24.5 Å². The molecule has 110 valence electrons. The fourth-order valence-electron chi connectivity index (χ4n) is 2.24. The number of benzene rings is 1. The minimum absolute atomic E-state index is 0.171. The third-order valence-corrected chi connectivity index (χ3v) is 3.68. The van der Waals surface area contributed by atoms with E-state index in [9.17, 15) is 4.79 Å². The normalized spacial score (nSPS) is 12.1. The van der Waals surface area contributed by atoms with Crippen LogP contribution in [0.3, 0.4) is 0 Å². The summed E-state index contributed by atoms with van der Waals surface area (Å²) in [6.45, 7) is 5.15. The molecule has 2 aromatic rings. The smallest absolute Gasteiger partial charge is 0.419 e. The van der Waals surface area contributed by atoms with Gasteiger partial charge in [0.1, 0.15) is 5.75 Å². The Hall–Kier alpha value is -1.27. The van der Waals surface area contributed by atoms with Gasteiger partial charge in [0.15, 0.2) is 5.58 Å². The average molecular weight is 344 g/mol. The van der Waals surface area contributed by atoms with Gasteiger partial charge in [-0.15, -0.1) is 0 Å². The van der Waals surface area contributed by atoms with Gasteiger partial charge in [-0.1, -0.05) is 13.8 Å². The number of halogens is 1. The summed E-state index contributed by atoms with van der Waals surface area (Å²) in [6, 6.07) is 3.54. The number of fused-ring (bicyclic) bond motifs is 1. The molecule has 5 nitrogen and oxygen atoms in total. The maximum absolute atomic E-state index is 12.0. The molecule has 0 saturated heterocycles. The summed E-state index contributed by atoms with van der Waals surface area (Å²) in [5.41, 5.74) is 1.09. The zero-order chi connectivity index (χ0) is 14.9. The lowest BCUT2D eigenvalue weighted by Crippen LogP contribution is -2.29. The lowest BCUT2D eigenvalue weighted by Gasteiger charge is -2.23. The maximum Gasteiger partial charge on any atom is 0.419 e. The fraction of sp³-hybridized carbons (Fsp3) is 0.500. The van der Waals surface area contributed by atoms with Crippen LogP contribution in [0.4, 0.5) is 0 Å². The number of ether oxygens (including phenoxy) is 2. The highest BCUT2D eigenvalue weighted by Crippen LogP contribution is 2.31. The van der Waals surface area contributed by atoms with Gasteiger partial charge < -0.3 is 13.9 Å². The lowest BCUT2D eigenvalue weighted by atomic mass is 9.95. The summed E-state index contributed by atoms with van der Waals surface area (Å²) >= 11 is 3.38. The summed E-state index contributed by atoms with van der Waals surface area (Å²) in [6.07, 6.45) is 0. The Bertz CT molecular complexity index is 672. The Balaban J connectivity index is 2.53. The molecule has 0 spiro atoms. The van der Waals surface area contributed by atoms with Crippen LogP contribution >= 0.6 is 15.9 Å². The Morgan fingerprint density at radius 2 is 2.05 bits per heavy atom. The molecule has 1 aromatic heterocycles. The molecule has 0 radical (unpaired) electrons. The lowest BCUT2D eigenvalue weighted by molar-refractivity contribution is 0.0911. The largest absolute Gasteiger partial charge is 0.495 e. The van der Waals surface area contributed by atoms with Crippen molar-refractivity contribution in [2.75, 3.05) is 20.8 Å². The second-order valence-electron chi connectivity index (χ2n) is 5.51. The summed E-state index contributed by atoms with van der Waals surface area (Å²) in [4.78, 5) is 12.0. The summed E-state index contributed by atoms with van der Waals surface area (Å²) in [5.74, 6) is 0.293. The molecule has 2 rings (SSSR count). The van der Waals surface area contributed by atoms with E-state index in [2.05, 4.69) is 15.9 Å². The minimum atomic E-state index is -0.371. The molecule has 0 atom stereocenters. The molecule has 0 amide bonds. The number of rotatable bonds is 5. The first-order chi connectivity index (χ1) is 9.38. The monoisotopic (exact) mass is 343 g/mol. The molecule has 0 aliphatic rings. The van der Waals surface area contributed by atoms with E-state index in [1.165, 1.54) is 0 Å². The Kier molecular flexibility index (Phi) is 4.25. The average Bonchev–Trinajstić information content (AvgIpc) is 2.63. The molecule has 1 heterocycles. The highest BCUT2D eigenvalue weighted by atomic mass is 79.9. The zero-order valence-electron chi connectivity index (χ0n) is 12.0. The van der Waals surface area contributed by atoms with E-state index in [0.717, 1.165) is 9.99 Å². The van der Waals surface area contributed by atoms with Crippen LogP contribution in [0.25, 0.3) is 11.1 Å². The van der Waals surface area contributed by atoms with Gasteiger partial charge in [-0.25, -0.2) is 4.79 Å². The SMILES string of the molecule is COCC(C)(C)Cn1c(=O)oc2cc(Br)c(OC)cc21. The van der Waals surface area contributed by atoms with E-state index in [4.69, 9.17) is 13.9 Å². The molecule has 0 saturated carbocycles. The molecule has 6 heteroatoms. The molecule has 0 bridgehead atoms. The highest BCUT2D eigenvalue weighted by Gasteiger charge is 2.22. The fourth-order valence-corrected chi connectivity index (χ4v) is 2.72. The number of methoxy groups -OCH3 is 2. The van der Waals surface area contributed by atoms with Crippen molar-refractivity contribution in [1.29, 1.82) is 0 Å². The molecular weight excluding hydrogens is 326 g/mol. The number of nitrogens with zero attached hydrogens (tertiary/aromatic N) is 1. The summed E-state index contributed by atoms with van der Waals surface area (Å²) in [5, 5.41) is 0. The van der Waals surface area contributed by atoms with E-state index >= 15 is 0 Å². The van der Waals surface area contributed by atoms with Crippen molar-refractivity contribution in [3.05, 3.63) is 27.2 Å². The predicted octanol–water partition coefficient (Wildman–Crippen LogP) is 3.04. The topological polar surface area (TPSA) is 53.6 Å². The first kappa shape index (κ1) is 15.1. The molecule has 1 aromatic carbocycles. The van der Waals surface area contributed by atoms with E-state index in [-0.39, 0.29) is 11.2 Å². The van der Waals surface area contributed by atoms with Crippen LogP contribution in [0.5, 0.6) is 5.75 Å². The molecule has 0 N–H and O–H groups in total. The number of hydrogen-bond acceptors (Lipinski definition) is 4. The second kappa shape index (κ2) is 5.61. The molecule has 0 unspecified atom stereocenters. The predicted molar refractivity (Wildman–Crippen MR) is 80.4 cm³/mol. The standard InChI is InChI=1S/C14H18BrNO4/c1-14(2,8-18-3)7-16-10-6-11(19-4)9(15)5-12(10)20-13(16)17/h5-6H,7-8H2,1-4H3. The minimum Gasteiger partial charge on any atom is -0.495 e. The maximum atomic E-state index is 12.0. The van der Waals surface area contributed by atoms with Crippen molar-refractivity contribution in [1.82, 2.24) is 4.57 Å². The quantitative estimate of drug-likeness (QED) is 0.837. The van der Waals surface area contributed by atoms with Crippen molar-refractivity contribution >= 4 is 27.0 Å². The first-order valence-corrected chi connectivity index (χ1v) is 7.03. The van der Waals surface area contributed by atoms with Crippen molar-refractivity contribution in [3.8, 4) is 5.75 Å². The van der Waals surface area contributed by atoms with Crippen molar-refractivity contribution < 1.29 is 13.9 Å². The van der Waals surface area contributed by atoms with Crippen molar-refractivity contribution in [2.24, 2.45) is 5.41 Å². The van der Waals surface area contributed by atoms with Gasteiger partial charge in [-0.05, 0) is 15.9 Å². The van der Waals surface area contributed by atoms with Crippen LogP contribution in [-0.2, 0) is 11.3 Å². The van der Waals surface area contributed by atoms with Gasteiger partial charge in [0.05, 0.1) is 23.7 Å². The third-order valence-electron chi connectivity index (χ3n) is 3.06. The van der Waals surface area contributed by atoms with Crippen LogP contribution in [-0.4, -0.2) is 25.4 Å². The second-order valence-corrected chi connectivity index (χ2v) is 6.36. The summed E-state index contributed by atoms with van der Waals surface area (Å²) < 4.78 is 18.1. The Morgan fingerprint density at radius 3 is 2.65 bits per heavy atom. The molecule has 0 aliphatic heterocycles. The van der Waals surface area contributed by atoms with Gasteiger partial charge in [0.25, 0.3) is 0 Å². The number of aromatic nitrogens is 1. The van der Waals surface area contributed by atoms with E-state index in [1.54, 1.807) is 30.9 Å². The van der Waals surface area contributed by atoms with Crippen LogP contribution in [0.2, 0.25) is 0 Å². The number of oxazole rings is 1. The van der Waals surface area contributed by atoms with Crippen molar-refractivity contribution in [2.45, 2.75) is 20.4 Å².